The fourth-order valence-electron chi connectivity index (χ4n) is 7.45. The zero-order chi connectivity index (χ0) is 33.7. The van der Waals surface area contributed by atoms with E-state index in [4.69, 9.17) is 4.99 Å². The molecule has 0 spiro atoms. The molecule has 2 aliphatic heterocycles. The predicted molar refractivity (Wildman–Crippen MR) is 214 cm³/mol. The highest BCUT2D eigenvalue weighted by Crippen LogP contribution is 2.49. The van der Waals surface area contributed by atoms with Crippen LogP contribution in [0.4, 0.5) is 5.69 Å². The molecule has 51 heavy (non-hydrogen) atoms. The van der Waals surface area contributed by atoms with Crippen LogP contribution in [0.1, 0.15) is 40.0 Å². The molecular weight excluding hydrogens is 641 g/mol. The number of amidine groups is 1. The van der Waals surface area contributed by atoms with Gasteiger partial charge in [0.2, 0.25) is 0 Å². The lowest BCUT2D eigenvalue weighted by Gasteiger charge is -2.32. The maximum Gasteiger partial charge on any atom is 0.131 e. The quantitative estimate of drug-likeness (QED) is 0.170. The number of fused-ring (bicyclic) bond motifs is 5. The maximum atomic E-state index is 5.32. The zero-order valence-corrected chi connectivity index (χ0v) is 28.6. The Bertz CT molecular complexity index is 2630. The second-order valence-electron chi connectivity index (χ2n) is 13.3. The van der Waals surface area contributed by atoms with Gasteiger partial charge in [-0.25, -0.2) is 4.99 Å². The van der Waals surface area contributed by atoms with Crippen LogP contribution >= 0.6 is 11.8 Å². The molecule has 5 heteroatoms. The second kappa shape index (κ2) is 12.5. The van der Waals surface area contributed by atoms with E-state index in [0.717, 1.165) is 22.5 Å². The standard InChI is InChI=1S/C46H34N4S/c1-2-11-32(12-3-1)46-47-42-40-28-36(20-19-31(40)23-24-41(42)51-46)35-15-8-16-37(27-35)43-48-44(38-21-17-29-9-4-6-13-33(29)25-38)50-45(49-43)39-22-18-30-10-5-7-14-34(30)26-39/h1-28,44-47,50H,(H,48,49). The fraction of sp³-hybridized carbons (Fsp3) is 0.0652. The lowest BCUT2D eigenvalue weighted by Crippen LogP contribution is -2.45. The number of anilines is 1. The van der Waals surface area contributed by atoms with Gasteiger partial charge in [0.15, 0.2) is 0 Å². The Balaban J connectivity index is 1.03. The van der Waals surface area contributed by atoms with Crippen LogP contribution in [0.3, 0.4) is 0 Å². The molecular formula is C46H34N4S. The van der Waals surface area contributed by atoms with Crippen molar-refractivity contribution in [1.29, 1.82) is 0 Å². The molecule has 2 heterocycles. The smallest absolute Gasteiger partial charge is 0.131 e. The highest BCUT2D eigenvalue weighted by atomic mass is 32.2. The SMILES string of the molecule is c1ccc(C2Nc3c(ccc4ccc(-c5cccc(C6=NC(c7ccc8ccccc8c7)NC(c7ccc8ccccc8c7)N6)c5)cc34)S2)cc1. The third kappa shape index (κ3) is 5.61. The third-order valence-electron chi connectivity index (χ3n) is 10.1. The minimum Gasteiger partial charge on any atom is -0.368 e. The van der Waals surface area contributed by atoms with Gasteiger partial charge in [0.25, 0.3) is 0 Å². The van der Waals surface area contributed by atoms with Gasteiger partial charge in [0.1, 0.15) is 23.5 Å². The molecule has 0 saturated carbocycles. The van der Waals surface area contributed by atoms with Gasteiger partial charge in [0.05, 0.1) is 5.69 Å². The first-order valence-corrected chi connectivity index (χ1v) is 18.3. The van der Waals surface area contributed by atoms with Crippen LogP contribution in [0, 0.1) is 0 Å². The van der Waals surface area contributed by atoms with E-state index in [1.54, 1.807) is 0 Å². The summed E-state index contributed by atoms with van der Waals surface area (Å²) in [6.07, 6.45) is -0.359. The topological polar surface area (TPSA) is 48.5 Å². The average Bonchev–Trinajstić information content (AvgIpc) is 3.66. The molecule has 3 atom stereocenters. The summed E-state index contributed by atoms with van der Waals surface area (Å²) in [5.41, 5.74) is 8.20. The van der Waals surface area contributed by atoms with Crippen molar-refractivity contribution in [3.63, 3.8) is 0 Å². The molecule has 244 valence electrons. The van der Waals surface area contributed by atoms with Crippen LogP contribution in [0.15, 0.2) is 180 Å². The van der Waals surface area contributed by atoms with Crippen LogP contribution in [-0.2, 0) is 0 Å². The summed E-state index contributed by atoms with van der Waals surface area (Å²) in [4.78, 5) is 6.60. The molecule has 0 radical (unpaired) electrons. The van der Waals surface area contributed by atoms with E-state index < -0.39 is 0 Å². The molecule has 0 aromatic heterocycles. The molecule has 10 rings (SSSR count). The Kier molecular flexibility index (Phi) is 7.33. The van der Waals surface area contributed by atoms with E-state index in [2.05, 4.69) is 186 Å². The normalized spacial score (nSPS) is 18.3. The number of aliphatic imine (C=N–C) groups is 1. The van der Waals surface area contributed by atoms with Crippen LogP contribution < -0.4 is 16.0 Å². The van der Waals surface area contributed by atoms with Crippen molar-refractivity contribution >= 4 is 55.6 Å². The van der Waals surface area contributed by atoms with E-state index in [1.165, 1.54) is 59.6 Å². The van der Waals surface area contributed by atoms with E-state index in [0.29, 0.717) is 0 Å². The molecule has 8 aromatic rings. The number of nitrogens with one attached hydrogen (secondary N) is 3. The van der Waals surface area contributed by atoms with Crippen molar-refractivity contribution in [1.82, 2.24) is 10.6 Å². The van der Waals surface area contributed by atoms with Gasteiger partial charge in [0, 0.05) is 15.8 Å². The Hall–Kier alpha value is -5.88. The highest BCUT2D eigenvalue weighted by Gasteiger charge is 2.27. The number of rotatable bonds is 5. The Morgan fingerprint density at radius 1 is 0.451 bits per heavy atom. The molecule has 0 amide bonds. The van der Waals surface area contributed by atoms with Crippen molar-refractivity contribution in [2.75, 3.05) is 5.32 Å². The Labute approximate surface area is 301 Å². The first-order chi connectivity index (χ1) is 25.2. The molecule has 0 aliphatic carbocycles. The van der Waals surface area contributed by atoms with Crippen LogP contribution in [0.5, 0.6) is 0 Å². The molecule has 3 unspecified atom stereocenters. The van der Waals surface area contributed by atoms with Crippen molar-refractivity contribution in [2.24, 2.45) is 4.99 Å². The first-order valence-electron chi connectivity index (χ1n) is 17.5. The fourth-order valence-corrected chi connectivity index (χ4v) is 8.61. The molecule has 8 aromatic carbocycles. The van der Waals surface area contributed by atoms with Gasteiger partial charge in [-0.05, 0) is 85.1 Å². The van der Waals surface area contributed by atoms with Gasteiger partial charge in [-0.1, -0.05) is 151 Å². The van der Waals surface area contributed by atoms with E-state index >= 15 is 0 Å². The molecule has 2 aliphatic rings. The van der Waals surface area contributed by atoms with Crippen LogP contribution in [0.2, 0.25) is 0 Å². The van der Waals surface area contributed by atoms with Crippen molar-refractivity contribution in [3.05, 3.63) is 192 Å². The zero-order valence-electron chi connectivity index (χ0n) is 27.8. The first kappa shape index (κ1) is 30.0. The lowest BCUT2D eigenvalue weighted by atomic mass is 9.98. The van der Waals surface area contributed by atoms with Crippen molar-refractivity contribution < 1.29 is 0 Å². The van der Waals surface area contributed by atoms with Gasteiger partial charge >= 0.3 is 0 Å². The van der Waals surface area contributed by atoms with Crippen molar-refractivity contribution in [3.8, 4) is 11.1 Å². The number of hydrogen-bond donors (Lipinski definition) is 3. The molecule has 0 saturated heterocycles. The molecule has 0 bridgehead atoms. The third-order valence-corrected chi connectivity index (χ3v) is 11.4. The number of nitrogens with zero attached hydrogens (tertiary/aromatic N) is 1. The minimum atomic E-state index is -0.227. The summed E-state index contributed by atoms with van der Waals surface area (Å²) in [7, 11) is 0. The van der Waals surface area contributed by atoms with E-state index in [9.17, 15) is 0 Å². The summed E-state index contributed by atoms with van der Waals surface area (Å²) in [6, 6.07) is 61.1. The summed E-state index contributed by atoms with van der Waals surface area (Å²) in [6.45, 7) is 0. The summed E-state index contributed by atoms with van der Waals surface area (Å²) >= 11 is 1.88. The van der Waals surface area contributed by atoms with E-state index in [1.807, 2.05) is 11.8 Å². The predicted octanol–water partition coefficient (Wildman–Crippen LogP) is 11.4. The second-order valence-corrected chi connectivity index (χ2v) is 14.5. The number of thioether (sulfide) groups is 1. The summed E-state index contributed by atoms with van der Waals surface area (Å²) < 4.78 is 0. The van der Waals surface area contributed by atoms with Crippen molar-refractivity contribution in [2.45, 2.75) is 22.6 Å². The number of benzene rings is 8. The maximum absolute atomic E-state index is 5.32. The van der Waals surface area contributed by atoms with Gasteiger partial charge in [-0.2, -0.15) is 0 Å². The average molecular weight is 675 g/mol. The van der Waals surface area contributed by atoms with Gasteiger partial charge in [-0.15, -0.1) is 0 Å². The Morgan fingerprint density at radius 3 is 1.90 bits per heavy atom. The largest absolute Gasteiger partial charge is 0.368 e. The molecule has 4 nitrogen and oxygen atoms in total. The Morgan fingerprint density at radius 2 is 1.10 bits per heavy atom. The monoisotopic (exact) mass is 674 g/mol. The minimum absolute atomic E-state index is 0.133. The highest BCUT2D eigenvalue weighted by molar-refractivity contribution is 8.00. The molecule has 3 N–H and O–H groups in total. The molecule has 0 fully saturated rings. The summed E-state index contributed by atoms with van der Waals surface area (Å²) in [5, 5.41) is 19.0. The van der Waals surface area contributed by atoms with Crippen LogP contribution in [0.25, 0.3) is 43.4 Å². The van der Waals surface area contributed by atoms with Gasteiger partial charge < -0.3 is 10.6 Å². The summed E-state index contributed by atoms with van der Waals surface area (Å²) in [5.74, 6) is 0.873. The lowest BCUT2D eigenvalue weighted by molar-refractivity contribution is 0.409. The van der Waals surface area contributed by atoms with E-state index in [-0.39, 0.29) is 17.7 Å². The van der Waals surface area contributed by atoms with Gasteiger partial charge in [-0.3, -0.25) is 5.32 Å². The van der Waals surface area contributed by atoms with Crippen LogP contribution in [-0.4, -0.2) is 5.84 Å². The number of hydrogen-bond acceptors (Lipinski definition) is 5.